The summed E-state index contributed by atoms with van der Waals surface area (Å²) in [5, 5.41) is 7.10. The van der Waals surface area contributed by atoms with Crippen LogP contribution in [0.5, 0.6) is 5.75 Å². The van der Waals surface area contributed by atoms with Crippen LogP contribution in [0.4, 0.5) is 5.82 Å². The second-order valence-corrected chi connectivity index (χ2v) is 7.79. The molecule has 1 aromatic carbocycles. The lowest BCUT2D eigenvalue weighted by atomic mass is 9.93. The molecule has 154 valence electrons. The van der Waals surface area contributed by atoms with Crippen molar-refractivity contribution in [1.29, 1.82) is 0 Å². The molecule has 3 heterocycles. The number of fused-ring (bicyclic) bond motifs is 1. The van der Waals surface area contributed by atoms with Crippen LogP contribution in [0.2, 0.25) is 0 Å². The Morgan fingerprint density at radius 2 is 2.00 bits per heavy atom. The van der Waals surface area contributed by atoms with Crippen molar-refractivity contribution in [3.8, 4) is 5.75 Å². The lowest BCUT2D eigenvalue weighted by Gasteiger charge is -2.40. The Balaban J connectivity index is 1.63. The minimum Gasteiger partial charge on any atom is -0.484 e. The van der Waals surface area contributed by atoms with Crippen LogP contribution < -0.4 is 10.1 Å². The van der Waals surface area contributed by atoms with E-state index < -0.39 is 11.6 Å². The van der Waals surface area contributed by atoms with E-state index in [0.29, 0.717) is 49.7 Å². The van der Waals surface area contributed by atoms with E-state index in [1.807, 2.05) is 32.2 Å². The zero-order valence-corrected chi connectivity index (χ0v) is 17.0. The molecular formula is C21H26N4O4. The number of hydrogen-bond acceptors (Lipinski definition) is 5. The fourth-order valence-corrected chi connectivity index (χ4v) is 3.85. The summed E-state index contributed by atoms with van der Waals surface area (Å²) in [6.45, 7) is 5.12. The second kappa shape index (κ2) is 7.51. The molecule has 4 rings (SSSR count). The number of para-hydroxylation sites is 1. The molecule has 1 spiro atoms. The Hall–Kier alpha value is -2.87. The minimum atomic E-state index is -0.681. The summed E-state index contributed by atoms with van der Waals surface area (Å²) in [6, 6.07) is 8.34. The predicted octanol–water partition coefficient (Wildman–Crippen LogP) is 2.14. The van der Waals surface area contributed by atoms with Crippen molar-refractivity contribution < 1.29 is 19.1 Å². The fraction of sp³-hybridized carbons (Fsp3) is 0.476. The molecule has 1 N–H and O–H groups in total. The Bertz CT molecular complexity index is 913. The zero-order chi connectivity index (χ0) is 20.6. The first-order chi connectivity index (χ1) is 13.9. The van der Waals surface area contributed by atoms with Crippen LogP contribution in [0.1, 0.15) is 35.8 Å². The molecule has 0 radical (unpaired) electrons. The molecule has 8 heteroatoms. The molecule has 2 amide bonds. The van der Waals surface area contributed by atoms with Gasteiger partial charge in [0.2, 0.25) is 5.91 Å². The van der Waals surface area contributed by atoms with Gasteiger partial charge in [0.05, 0.1) is 25.3 Å². The molecule has 0 saturated carbocycles. The van der Waals surface area contributed by atoms with E-state index in [0.717, 1.165) is 5.69 Å². The number of rotatable bonds is 3. The SMILES string of the molecule is Cc1cc(NC(=O)[C@@H](C)N2CC3(CCOCC3)Oc3ccccc3C2=O)nn1C. The van der Waals surface area contributed by atoms with E-state index in [1.165, 1.54) is 0 Å². The molecule has 1 aromatic heterocycles. The number of benzene rings is 1. The van der Waals surface area contributed by atoms with Crippen LogP contribution in [0.25, 0.3) is 0 Å². The first-order valence-electron chi connectivity index (χ1n) is 9.87. The maximum atomic E-state index is 13.3. The van der Waals surface area contributed by atoms with E-state index >= 15 is 0 Å². The number of nitrogens with one attached hydrogen (secondary N) is 1. The van der Waals surface area contributed by atoms with E-state index in [1.54, 1.807) is 28.6 Å². The summed E-state index contributed by atoms with van der Waals surface area (Å²) in [6.07, 6.45) is 1.33. The van der Waals surface area contributed by atoms with Crippen LogP contribution >= 0.6 is 0 Å². The van der Waals surface area contributed by atoms with Crippen molar-refractivity contribution in [2.75, 3.05) is 25.1 Å². The largest absolute Gasteiger partial charge is 0.484 e. The standard InChI is InChI=1S/C21H26N4O4/c1-14-12-18(23-24(14)3)22-19(26)15(2)25-13-21(8-10-28-11-9-21)29-17-7-5-4-6-16(17)20(25)27/h4-7,12,15H,8-11,13H2,1-3H3,(H,22,23,26)/t15-/m1/s1. The monoisotopic (exact) mass is 398 g/mol. The quantitative estimate of drug-likeness (QED) is 0.856. The Morgan fingerprint density at radius 1 is 1.28 bits per heavy atom. The van der Waals surface area contributed by atoms with Crippen molar-refractivity contribution in [3.63, 3.8) is 0 Å². The second-order valence-electron chi connectivity index (χ2n) is 7.79. The number of amides is 2. The predicted molar refractivity (Wildman–Crippen MR) is 107 cm³/mol. The van der Waals surface area contributed by atoms with Gasteiger partial charge in [-0.3, -0.25) is 14.3 Å². The Morgan fingerprint density at radius 3 is 2.69 bits per heavy atom. The van der Waals surface area contributed by atoms with Crippen molar-refractivity contribution in [2.24, 2.45) is 7.05 Å². The average molecular weight is 398 g/mol. The van der Waals surface area contributed by atoms with Gasteiger partial charge >= 0.3 is 0 Å². The van der Waals surface area contributed by atoms with E-state index in [2.05, 4.69) is 10.4 Å². The smallest absolute Gasteiger partial charge is 0.258 e. The van der Waals surface area contributed by atoms with Crippen LogP contribution in [-0.2, 0) is 16.6 Å². The summed E-state index contributed by atoms with van der Waals surface area (Å²) >= 11 is 0. The molecule has 2 aliphatic rings. The zero-order valence-electron chi connectivity index (χ0n) is 17.0. The lowest BCUT2D eigenvalue weighted by Crippen LogP contribution is -2.55. The summed E-state index contributed by atoms with van der Waals surface area (Å²) < 4.78 is 13.6. The highest BCUT2D eigenvalue weighted by molar-refractivity contribution is 6.02. The van der Waals surface area contributed by atoms with Gasteiger partial charge in [-0.05, 0) is 26.0 Å². The van der Waals surface area contributed by atoms with Crippen LogP contribution in [-0.4, -0.2) is 57.9 Å². The molecule has 29 heavy (non-hydrogen) atoms. The highest BCUT2D eigenvalue weighted by atomic mass is 16.5. The topological polar surface area (TPSA) is 85.7 Å². The number of carbonyl (C=O) groups is 2. The number of ether oxygens (including phenoxy) is 2. The number of anilines is 1. The number of aryl methyl sites for hydroxylation is 2. The number of carbonyl (C=O) groups excluding carboxylic acids is 2. The molecule has 2 aliphatic heterocycles. The van der Waals surface area contributed by atoms with Gasteiger partial charge in [-0.1, -0.05) is 12.1 Å². The van der Waals surface area contributed by atoms with Gasteiger partial charge in [0.1, 0.15) is 17.4 Å². The molecule has 0 unspecified atom stereocenters. The molecular weight excluding hydrogens is 372 g/mol. The van der Waals surface area contributed by atoms with Gasteiger partial charge in [0.15, 0.2) is 5.82 Å². The summed E-state index contributed by atoms with van der Waals surface area (Å²) in [5.74, 6) is 0.554. The summed E-state index contributed by atoms with van der Waals surface area (Å²) in [4.78, 5) is 27.9. The molecule has 1 saturated heterocycles. The van der Waals surface area contributed by atoms with E-state index in [4.69, 9.17) is 9.47 Å². The van der Waals surface area contributed by atoms with Crippen LogP contribution in [0, 0.1) is 6.92 Å². The number of aromatic nitrogens is 2. The molecule has 1 fully saturated rings. The summed E-state index contributed by atoms with van der Waals surface area (Å²) in [5.41, 5.74) is 0.850. The number of hydrogen-bond donors (Lipinski definition) is 1. The molecule has 0 aliphatic carbocycles. The van der Waals surface area contributed by atoms with Crippen LogP contribution in [0.3, 0.4) is 0 Å². The highest BCUT2D eigenvalue weighted by Crippen LogP contribution is 2.35. The highest BCUT2D eigenvalue weighted by Gasteiger charge is 2.44. The molecule has 0 bridgehead atoms. The third-order valence-corrected chi connectivity index (χ3v) is 5.78. The Labute approximate surface area is 169 Å². The van der Waals surface area contributed by atoms with Gasteiger partial charge in [-0.2, -0.15) is 5.10 Å². The van der Waals surface area contributed by atoms with Crippen molar-refractivity contribution in [2.45, 2.75) is 38.3 Å². The van der Waals surface area contributed by atoms with Gasteiger partial charge in [-0.25, -0.2) is 0 Å². The van der Waals surface area contributed by atoms with Crippen molar-refractivity contribution in [3.05, 3.63) is 41.6 Å². The van der Waals surface area contributed by atoms with Crippen LogP contribution in [0.15, 0.2) is 30.3 Å². The fourth-order valence-electron chi connectivity index (χ4n) is 3.85. The third-order valence-electron chi connectivity index (χ3n) is 5.78. The van der Waals surface area contributed by atoms with Gasteiger partial charge in [-0.15, -0.1) is 0 Å². The average Bonchev–Trinajstić information content (AvgIpc) is 2.96. The molecule has 2 aromatic rings. The van der Waals surface area contributed by atoms with Crippen molar-refractivity contribution in [1.82, 2.24) is 14.7 Å². The molecule has 8 nitrogen and oxygen atoms in total. The Kier molecular flexibility index (Phi) is 5.04. The maximum absolute atomic E-state index is 13.3. The lowest BCUT2D eigenvalue weighted by molar-refractivity contribution is -0.121. The third kappa shape index (κ3) is 3.72. The molecule has 1 atom stereocenters. The van der Waals surface area contributed by atoms with E-state index in [-0.39, 0.29) is 11.8 Å². The van der Waals surface area contributed by atoms with E-state index in [9.17, 15) is 9.59 Å². The van der Waals surface area contributed by atoms with Gasteiger partial charge in [0, 0.05) is 31.6 Å². The normalized spacial score (nSPS) is 19.3. The van der Waals surface area contributed by atoms with Gasteiger partial charge < -0.3 is 19.7 Å². The first-order valence-corrected chi connectivity index (χ1v) is 9.87. The first kappa shape index (κ1) is 19.4. The maximum Gasteiger partial charge on any atom is 0.258 e. The van der Waals surface area contributed by atoms with Crippen molar-refractivity contribution >= 4 is 17.6 Å². The minimum absolute atomic E-state index is 0.205. The summed E-state index contributed by atoms with van der Waals surface area (Å²) in [7, 11) is 1.82. The number of nitrogens with zero attached hydrogens (tertiary/aromatic N) is 3. The van der Waals surface area contributed by atoms with Gasteiger partial charge in [0.25, 0.3) is 5.91 Å².